The highest BCUT2D eigenvalue weighted by atomic mass is 32.2. The zero-order valence-electron chi connectivity index (χ0n) is 14.8. The molecule has 2 aliphatic rings. The van der Waals surface area contributed by atoms with Crippen molar-refractivity contribution in [1.29, 1.82) is 0 Å². The second-order valence-corrected chi connectivity index (χ2v) is 8.17. The van der Waals surface area contributed by atoms with Gasteiger partial charge in [0.2, 0.25) is 0 Å². The molecule has 0 saturated heterocycles. The molecule has 26 heavy (non-hydrogen) atoms. The smallest absolute Gasteiger partial charge is 0.0205 e. The highest BCUT2D eigenvalue weighted by molar-refractivity contribution is 8.03. The number of hydrogen-bond acceptors (Lipinski definition) is 1. The van der Waals surface area contributed by atoms with Gasteiger partial charge >= 0.3 is 0 Å². The number of fused-ring (bicyclic) bond motifs is 3. The molecule has 0 radical (unpaired) electrons. The Morgan fingerprint density at radius 3 is 2.46 bits per heavy atom. The van der Waals surface area contributed by atoms with Crippen LogP contribution in [0.1, 0.15) is 23.5 Å². The Bertz CT molecular complexity index is 1020. The van der Waals surface area contributed by atoms with Crippen molar-refractivity contribution in [2.24, 2.45) is 0 Å². The minimum atomic E-state index is 0.516. The van der Waals surface area contributed by atoms with E-state index in [1.54, 1.807) is 0 Å². The lowest BCUT2D eigenvalue weighted by Crippen LogP contribution is -2.00. The summed E-state index contributed by atoms with van der Waals surface area (Å²) in [7, 11) is 0. The summed E-state index contributed by atoms with van der Waals surface area (Å²) in [5.74, 6) is 0.516. The van der Waals surface area contributed by atoms with Gasteiger partial charge in [-0.3, -0.25) is 0 Å². The lowest BCUT2D eigenvalue weighted by Gasteiger charge is -2.18. The van der Waals surface area contributed by atoms with E-state index < -0.39 is 0 Å². The van der Waals surface area contributed by atoms with Gasteiger partial charge in [0.25, 0.3) is 0 Å². The van der Waals surface area contributed by atoms with Crippen LogP contribution in [0.15, 0.2) is 94.8 Å². The van der Waals surface area contributed by atoms with E-state index in [9.17, 15) is 0 Å². The van der Waals surface area contributed by atoms with Crippen LogP contribution in [0.25, 0.3) is 22.3 Å². The molecule has 1 atom stereocenters. The van der Waals surface area contributed by atoms with Gasteiger partial charge in [-0.1, -0.05) is 90.2 Å². The Morgan fingerprint density at radius 1 is 0.846 bits per heavy atom. The molecule has 1 aliphatic carbocycles. The van der Waals surface area contributed by atoms with Crippen molar-refractivity contribution in [2.45, 2.75) is 24.2 Å². The third kappa shape index (κ3) is 2.64. The topological polar surface area (TPSA) is 0 Å². The fraction of sp³-hybridized carbons (Fsp3) is 0.120. The summed E-state index contributed by atoms with van der Waals surface area (Å²) >= 11 is 1.95. The van der Waals surface area contributed by atoms with Crippen LogP contribution >= 0.6 is 11.8 Å². The second kappa shape index (κ2) is 6.34. The van der Waals surface area contributed by atoms with Crippen molar-refractivity contribution < 1.29 is 0 Å². The fourth-order valence-corrected chi connectivity index (χ4v) is 5.25. The van der Waals surface area contributed by atoms with E-state index in [4.69, 9.17) is 0 Å². The van der Waals surface area contributed by atoms with Gasteiger partial charge in [0.05, 0.1) is 0 Å². The number of allylic oxidation sites excluding steroid dienone is 4. The Labute approximate surface area is 159 Å². The first kappa shape index (κ1) is 15.7. The summed E-state index contributed by atoms with van der Waals surface area (Å²) in [4.78, 5) is 2.91. The van der Waals surface area contributed by atoms with E-state index in [1.165, 1.54) is 43.2 Å². The molecular formula is C25H20S. The van der Waals surface area contributed by atoms with E-state index in [0.717, 1.165) is 6.42 Å². The third-order valence-electron chi connectivity index (χ3n) is 5.30. The molecule has 1 unspecified atom stereocenters. The number of thioether (sulfide) groups is 1. The van der Waals surface area contributed by atoms with Crippen molar-refractivity contribution in [3.8, 4) is 22.3 Å². The summed E-state index contributed by atoms with van der Waals surface area (Å²) in [6, 6.07) is 24.5. The summed E-state index contributed by atoms with van der Waals surface area (Å²) in [5, 5.41) is 0. The lowest BCUT2D eigenvalue weighted by atomic mass is 9.85. The predicted octanol–water partition coefficient (Wildman–Crippen LogP) is 7.36. The average molecular weight is 353 g/mol. The maximum atomic E-state index is 2.39. The van der Waals surface area contributed by atoms with E-state index in [2.05, 4.69) is 91.9 Å². The zero-order chi connectivity index (χ0) is 17.5. The van der Waals surface area contributed by atoms with Crippen LogP contribution in [0.2, 0.25) is 0 Å². The first-order valence-electron chi connectivity index (χ1n) is 9.14. The van der Waals surface area contributed by atoms with Gasteiger partial charge in [-0.2, -0.15) is 0 Å². The van der Waals surface area contributed by atoms with Gasteiger partial charge < -0.3 is 0 Å². The summed E-state index contributed by atoms with van der Waals surface area (Å²) in [6.45, 7) is 2.14. The van der Waals surface area contributed by atoms with Crippen LogP contribution in [-0.4, -0.2) is 0 Å². The van der Waals surface area contributed by atoms with Gasteiger partial charge in [-0.05, 0) is 58.2 Å². The van der Waals surface area contributed by atoms with Crippen molar-refractivity contribution in [3.05, 3.63) is 101 Å². The summed E-state index contributed by atoms with van der Waals surface area (Å²) in [5.41, 5.74) is 8.10. The predicted molar refractivity (Wildman–Crippen MR) is 112 cm³/mol. The Morgan fingerprint density at radius 2 is 1.65 bits per heavy atom. The van der Waals surface area contributed by atoms with Crippen molar-refractivity contribution in [2.75, 3.05) is 0 Å². The Kier molecular flexibility index (Phi) is 3.83. The van der Waals surface area contributed by atoms with Gasteiger partial charge in [-0.15, -0.1) is 0 Å². The van der Waals surface area contributed by atoms with Crippen molar-refractivity contribution >= 4 is 11.8 Å². The van der Waals surface area contributed by atoms with Crippen molar-refractivity contribution in [1.82, 2.24) is 0 Å². The molecule has 1 heteroatoms. The molecule has 0 aromatic heterocycles. The van der Waals surface area contributed by atoms with Crippen LogP contribution < -0.4 is 0 Å². The molecule has 5 rings (SSSR count). The highest BCUT2D eigenvalue weighted by Crippen LogP contribution is 2.55. The van der Waals surface area contributed by atoms with Crippen molar-refractivity contribution in [3.63, 3.8) is 0 Å². The average Bonchev–Trinajstić information content (AvgIpc) is 3.07. The standard InChI is InChI=1S/C25H20S/c1-17-11-13-18(14-12-17)20-15-22(19-7-3-2-4-8-19)25-21-9-5-6-10-23(21)26-24(25)16-20/h2-8,10-16,21H,9H2,1H3. The van der Waals surface area contributed by atoms with Crippen LogP contribution in [-0.2, 0) is 0 Å². The van der Waals surface area contributed by atoms with Gasteiger partial charge in [0.1, 0.15) is 0 Å². The minimum Gasteiger partial charge on any atom is -0.0935 e. The Hall–Kier alpha value is -2.51. The van der Waals surface area contributed by atoms with Crippen LogP contribution in [0.4, 0.5) is 0 Å². The summed E-state index contributed by atoms with van der Waals surface area (Å²) < 4.78 is 0. The Balaban J connectivity index is 1.73. The SMILES string of the molecule is Cc1ccc(-c2cc3c(c(-c4ccccc4)c2)C2CC=CC=C2S3)cc1. The van der Waals surface area contributed by atoms with E-state index in [1.807, 2.05) is 11.8 Å². The molecule has 0 saturated carbocycles. The maximum Gasteiger partial charge on any atom is 0.0205 e. The molecule has 0 bridgehead atoms. The molecule has 0 amide bonds. The fourth-order valence-electron chi connectivity index (χ4n) is 3.94. The molecule has 1 aliphatic heterocycles. The molecule has 0 nitrogen and oxygen atoms in total. The lowest BCUT2D eigenvalue weighted by molar-refractivity contribution is 0.840. The molecule has 3 aromatic rings. The first-order chi connectivity index (χ1) is 12.8. The van der Waals surface area contributed by atoms with Crippen LogP contribution in [0.3, 0.4) is 0 Å². The van der Waals surface area contributed by atoms with Gasteiger partial charge in [0, 0.05) is 10.8 Å². The molecule has 0 fully saturated rings. The first-order valence-corrected chi connectivity index (χ1v) is 9.96. The van der Waals surface area contributed by atoms with Crippen LogP contribution in [0, 0.1) is 6.92 Å². The quantitative estimate of drug-likeness (QED) is 0.464. The number of benzene rings is 3. The van der Waals surface area contributed by atoms with E-state index >= 15 is 0 Å². The molecule has 0 spiro atoms. The number of aryl methyl sites for hydroxylation is 1. The molecule has 126 valence electrons. The maximum absolute atomic E-state index is 2.39. The van der Waals surface area contributed by atoms with Gasteiger partial charge in [-0.25, -0.2) is 0 Å². The molecule has 3 aromatic carbocycles. The minimum absolute atomic E-state index is 0.516. The highest BCUT2D eigenvalue weighted by Gasteiger charge is 2.31. The summed E-state index contributed by atoms with van der Waals surface area (Å²) in [6.07, 6.45) is 7.90. The molecular weight excluding hydrogens is 332 g/mol. The largest absolute Gasteiger partial charge is 0.0935 e. The number of hydrogen-bond donors (Lipinski definition) is 0. The zero-order valence-corrected chi connectivity index (χ0v) is 15.6. The third-order valence-corrected chi connectivity index (χ3v) is 6.51. The van der Waals surface area contributed by atoms with E-state index in [-0.39, 0.29) is 0 Å². The van der Waals surface area contributed by atoms with E-state index in [0.29, 0.717) is 5.92 Å². The molecule has 0 N–H and O–H groups in total. The normalized spacial score (nSPS) is 17.6. The number of rotatable bonds is 2. The second-order valence-electron chi connectivity index (χ2n) is 7.06. The van der Waals surface area contributed by atoms with Gasteiger partial charge in [0.15, 0.2) is 0 Å². The molecule has 1 heterocycles. The van der Waals surface area contributed by atoms with Crippen LogP contribution in [0.5, 0.6) is 0 Å². The monoisotopic (exact) mass is 352 g/mol.